The molecule has 1 heterocycles. The predicted octanol–water partition coefficient (Wildman–Crippen LogP) is 1.68. The summed E-state index contributed by atoms with van der Waals surface area (Å²) in [7, 11) is 0. The van der Waals surface area contributed by atoms with Gasteiger partial charge in [0.05, 0.1) is 12.3 Å². The van der Waals surface area contributed by atoms with Gasteiger partial charge in [0.25, 0.3) is 5.91 Å². The molecule has 1 aliphatic heterocycles. The number of ether oxygens (including phenoxy) is 1. The third-order valence-electron chi connectivity index (χ3n) is 4.22. The molecule has 96 valence electrons. The van der Waals surface area contributed by atoms with E-state index in [4.69, 9.17) is 4.74 Å². The highest BCUT2D eigenvalue weighted by Crippen LogP contribution is 2.54. The number of fused-ring (bicyclic) bond motifs is 1. The number of benzene rings is 1. The first-order chi connectivity index (χ1) is 8.56. The van der Waals surface area contributed by atoms with Gasteiger partial charge in [0, 0.05) is 5.41 Å². The van der Waals surface area contributed by atoms with Crippen LogP contribution in [0, 0.1) is 5.92 Å². The Morgan fingerprint density at radius 3 is 2.83 bits per heavy atom. The summed E-state index contributed by atoms with van der Waals surface area (Å²) in [4.78, 5) is 11.6. The van der Waals surface area contributed by atoms with Crippen molar-refractivity contribution in [1.82, 2.24) is 0 Å². The molecular formula is C14H17NO3. The van der Waals surface area contributed by atoms with Crippen LogP contribution in [0.1, 0.15) is 25.8 Å². The average molecular weight is 247 g/mol. The van der Waals surface area contributed by atoms with Crippen LogP contribution in [-0.2, 0) is 10.2 Å². The summed E-state index contributed by atoms with van der Waals surface area (Å²) in [5.41, 5.74) is 1.67. The zero-order chi connectivity index (χ0) is 12.9. The lowest BCUT2D eigenvalue weighted by molar-refractivity contribution is -0.122. The Balaban J connectivity index is 1.97. The normalized spacial score (nSPS) is 33.4. The van der Waals surface area contributed by atoms with E-state index in [0.29, 0.717) is 17.4 Å². The van der Waals surface area contributed by atoms with Crippen molar-refractivity contribution >= 4 is 11.6 Å². The SMILES string of the molecule is CC1Oc2ccc(C3(CO)CC3C)cc2NC1=O. The van der Waals surface area contributed by atoms with Crippen molar-refractivity contribution in [3.63, 3.8) is 0 Å². The molecule has 4 nitrogen and oxygen atoms in total. The molecule has 18 heavy (non-hydrogen) atoms. The van der Waals surface area contributed by atoms with Gasteiger partial charge in [-0.25, -0.2) is 0 Å². The molecule has 0 bridgehead atoms. The van der Waals surface area contributed by atoms with E-state index in [1.54, 1.807) is 6.92 Å². The lowest BCUT2D eigenvalue weighted by Crippen LogP contribution is -2.34. The first-order valence-corrected chi connectivity index (χ1v) is 6.30. The second-order valence-electron chi connectivity index (χ2n) is 5.38. The minimum atomic E-state index is -0.449. The van der Waals surface area contributed by atoms with Crippen LogP contribution < -0.4 is 10.1 Å². The number of carbonyl (C=O) groups is 1. The highest BCUT2D eigenvalue weighted by atomic mass is 16.5. The first-order valence-electron chi connectivity index (χ1n) is 6.30. The lowest BCUT2D eigenvalue weighted by Gasteiger charge is -2.25. The highest BCUT2D eigenvalue weighted by Gasteiger charge is 2.52. The zero-order valence-electron chi connectivity index (χ0n) is 10.6. The molecule has 3 rings (SSSR count). The lowest BCUT2D eigenvalue weighted by atomic mass is 9.93. The number of hydrogen-bond donors (Lipinski definition) is 2. The molecule has 0 spiro atoms. The van der Waals surface area contributed by atoms with E-state index >= 15 is 0 Å². The van der Waals surface area contributed by atoms with Crippen molar-refractivity contribution in [2.75, 3.05) is 11.9 Å². The van der Waals surface area contributed by atoms with Gasteiger partial charge in [-0.2, -0.15) is 0 Å². The Kier molecular flexibility index (Phi) is 2.38. The van der Waals surface area contributed by atoms with E-state index in [9.17, 15) is 9.90 Å². The van der Waals surface area contributed by atoms with Crippen molar-refractivity contribution in [2.45, 2.75) is 31.8 Å². The van der Waals surface area contributed by atoms with Crippen molar-refractivity contribution in [2.24, 2.45) is 5.92 Å². The van der Waals surface area contributed by atoms with Gasteiger partial charge in [-0.05, 0) is 37.0 Å². The number of aliphatic hydroxyl groups is 1. The summed E-state index contributed by atoms with van der Waals surface area (Å²) < 4.78 is 5.52. The van der Waals surface area contributed by atoms with Crippen LogP contribution in [0.3, 0.4) is 0 Å². The van der Waals surface area contributed by atoms with Crippen LogP contribution in [0.2, 0.25) is 0 Å². The number of carbonyl (C=O) groups excluding carboxylic acids is 1. The average Bonchev–Trinajstić information content (AvgIpc) is 3.02. The molecule has 1 aliphatic carbocycles. The Bertz CT molecular complexity index is 510. The zero-order valence-corrected chi connectivity index (χ0v) is 10.6. The van der Waals surface area contributed by atoms with E-state index < -0.39 is 6.10 Å². The second kappa shape index (κ2) is 3.72. The van der Waals surface area contributed by atoms with Gasteiger partial charge in [-0.3, -0.25) is 4.79 Å². The molecule has 0 aromatic heterocycles. The molecule has 1 aromatic rings. The molecule has 1 fully saturated rings. The van der Waals surface area contributed by atoms with Gasteiger partial charge < -0.3 is 15.2 Å². The molecule has 0 radical (unpaired) electrons. The van der Waals surface area contributed by atoms with Crippen LogP contribution in [0.5, 0.6) is 5.75 Å². The van der Waals surface area contributed by atoms with Crippen LogP contribution in [-0.4, -0.2) is 23.7 Å². The molecule has 4 heteroatoms. The van der Waals surface area contributed by atoms with Crippen LogP contribution in [0.15, 0.2) is 18.2 Å². The van der Waals surface area contributed by atoms with E-state index in [-0.39, 0.29) is 17.9 Å². The van der Waals surface area contributed by atoms with Crippen LogP contribution >= 0.6 is 0 Å². The minimum Gasteiger partial charge on any atom is -0.479 e. The van der Waals surface area contributed by atoms with Gasteiger partial charge in [0.1, 0.15) is 5.75 Å². The maximum atomic E-state index is 11.6. The molecule has 0 saturated heterocycles. The summed E-state index contributed by atoms with van der Waals surface area (Å²) >= 11 is 0. The fourth-order valence-electron chi connectivity index (χ4n) is 2.72. The highest BCUT2D eigenvalue weighted by molar-refractivity contribution is 5.97. The van der Waals surface area contributed by atoms with Gasteiger partial charge >= 0.3 is 0 Å². The topological polar surface area (TPSA) is 58.6 Å². The Labute approximate surface area is 106 Å². The molecular weight excluding hydrogens is 230 g/mol. The number of amides is 1. The Hall–Kier alpha value is -1.55. The maximum Gasteiger partial charge on any atom is 0.265 e. The summed E-state index contributed by atoms with van der Waals surface area (Å²) in [5, 5.41) is 12.4. The van der Waals surface area contributed by atoms with E-state index in [1.807, 2.05) is 18.2 Å². The third-order valence-corrected chi connectivity index (χ3v) is 4.22. The molecule has 1 amide bonds. The van der Waals surface area contributed by atoms with E-state index in [0.717, 1.165) is 12.0 Å². The Morgan fingerprint density at radius 2 is 2.22 bits per heavy atom. The number of aliphatic hydroxyl groups excluding tert-OH is 1. The monoisotopic (exact) mass is 247 g/mol. The van der Waals surface area contributed by atoms with Crippen molar-refractivity contribution in [3.8, 4) is 5.75 Å². The quantitative estimate of drug-likeness (QED) is 0.836. The van der Waals surface area contributed by atoms with Crippen molar-refractivity contribution in [3.05, 3.63) is 23.8 Å². The van der Waals surface area contributed by atoms with Gasteiger partial charge in [-0.15, -0.1) is 0 Å². The van der Waals surface area contributed by atoms with Crippen molar-refractivity contribution in [1.29, 1.82) is 0 Å². The minimum absolute atomic E-state index is 0.122. The third kappa shape index (κ3) is 1.52. The fourth-order valence-corrected chi connectivity index (χ4v) is 2.72. The van der Waals surface area contributed by atoms with E-state index in [1.165, 1.54) is 0 Å². The standard InChI is InChI=1S/C14H17NO3/c1-8-6-14(8,7-16)10-3-4-12-11(5-10)15-13(17)9(2)18-12/h3-5,8-9,16H,6-7H2,1-2H3,(H,15,17). The molecule has 2 aliphatic rings. The molecule has 1 aromatic carbocycles. The number of rotatable bonds is 2. The van der Waals surface area contributed by atoms with Crippen LogP contribution in [0.25, 0.3) is 0 Å². The number of nitrogens with one attached hydrogen (secondary N) is 1. The van der Waals surface area contributed by atoms with E-state index in [2.05, 4.69) is 12.2 Å². The smallest absolute Gasteiger partial charge is 0.265 e. The summed E-state index contributed by atoms with van der Waals surface area (Å²) in [6, 6.07) is 5.80. The summed E-state index contributed by atoms with van der Waals surface area (Å²) in [6.45, 7) is 4.01. The number of anilines is 1. The van der Waals surface area contributed by atoms with Gasteiger partial charge in [-0.1, -0.05) is 13.0 Å². The van der Waals surface area contributed by atoms with Crippen LogP contribution in [0.4, 0.5) is 5.69 Å². The maximum absolute atomic E-state index is 11.6. The molecule has 2 N–H and O–H groups in total. The number of hydrogen-bond acceptors (Lipinski definition) is 3. The van der Waals surface area contributed by atoms with Gasteiger partial charge in [0.15, 0.2) is 6.10 Å². The fraction of sp³-hybridized carbons (Fsp3) is 0.500. The Morgan fingerprint density at radius 1 is 1.50 bits per heavy atom. The first kappa shape index (κ1) is 11.5. The van der Waals surface area contributed by atoms with Gasteiger partial charge in [0.2, 0.25) is 0 Å². The summed E-state index contributed by atoms with van der Waals surface area (Å²) in [6.07, 6.45) is 0.544. The van der Waals surface area contributed by atoms with Crippen molar-refractivity contribution < 1.29 is 14.6 Å². The summed E-state index contributed by atoms with van der Waals surface area (Å²) in [5.74, 6) is 1.06. The molecule has 3 atom stereocenters. The largest absolute Gasteiger partial charge is 0.479 e. The molecule has 3 unspecified atom stereocenters. The second-order valence-corrected chi connectivity index (χ2v) is 5.38. The molecule has 1 saturated carbocycles. The predicted molar refractivity (Wildman–Crippen MR) is 67.7 cm³/mol.